The van der Waals surface area contributed by atoms with Gasteiger partial charge in [-0.3, -0.25) is 9.59 Å². The van der Waals surface area contributed by atoms with Crippen molar-refractivity contribution in [2.45, 2.75) is 45.1 Å². The van der Waals surface area contributed by atoms with Crippen LogP contribution in [-0.2, 0) is 14.3 Å². The van der Waals surface area contributed by atoms with Crippen molar-refractivity contribution in [3.8, 4) is 17.2 Å². The van der Waals surface area contributed by atoms with Gasteiger partial charge in [0.05, 0.1) is 24.3 Å². The van der Waals surface area contributed by atoms with Gasteiger partial charge in [-0.05, 0) is 56.5 Å². The van der Waals surface area contributed by atoms with Gasteiger partial charge in [0.15, 0.2) is 0 Å². The number of nitrogens with one attached hydrogen (secondary N) is 1. The van der Waals surface area contributed by atoms with Crippen molar-refractivity contribution in [1.29, 1.82) is 5.26 Å². The summed E-state index contributed by atoms with van der Waals surface area (Å²) in [5.41, 5.74) is 4.06. The van der Waals surface area contributed by atoms with Gasteiger partial charge in [-0.15, -0.1) is 0 Å². The molecule has 0 bridgehead atoms. The molecule has 1 aromatic carbocycles. The smallest absolute Gasteiger partial charge is 0.248 e. The summed E-state index contributed by atoms with van der Waals surface area (Å²) in [6.45, 7) is 6.08. The van der Waals surface area contributed by atoms with Crippen LogP contribution in [0.5, 0.6) is 0 Å². The van der Waals surface area contributed by atoms with Gasteiger partial charge >= 0.3 is 0 Å². The molecule has 2 aliphatic rings. The zero-order valence-corrected chi connectivity index (χ0v) is 21.2. The molecule has 0 radical (unpaired) electrons. The Hall–Kier alpha value is -3.70. The number of pyridine rings is 1. The van der Waals surface area contributed by atoms with Crippen molar-refractivity contribution in [2.24, 2.45) is 0 Å². The Kier molecular flexibility index (Phi) is 8.01. The summed E-state index contributed by atoms with van der Waals surface area (Å²) in [5.74, 6) is 0.962. The summed E-state index contributed by atoms with van der Waals surface area (Å²) in [5, 5.41) is 12.9. The zero-order valence-electron chi connectivity index (χ0n) is 21.2. The monoisotopic (exact) mass is 487 g/mol. The second kappa shape index (κ2) is 11.4. The molecule has 2 aromatic rings. The largest absolute Gasteiger partial charge is 0.384 e. The maximum Gasteiger partial charge on any atom is 0.248 e. The number of aromatic nitrogens is 1. The van der Waals surface area contributed by atoms with Crippen LogP contribution in [0.25, 0.3) is 11.1 Å². The summed E-state index contributed by atoms with van der Waals surface area (Å²) >= 11 is 0. The van der Waals surface area contributed by atoms with Crippen molar-refractivity contribution in [3.05, 3.63) is 53.7 Å². The van der Waals surface area contributed by atoms with Gasteiger partial charge in [0, 0.05) is 50.0 Å². The predicted octanol–water partition coefficient (Wildman–Crippen LogP) is 4.09. The Bertz CT molecular complexity index is 1200. The summed E-state index contributed by atoms with van der Waals surface area (Å²) < 4.78 is 5.06. The number of benzene rings is 1. The number of hydrogen-bond donors (Lipinski definition) is 1. The average Bonchev–Trinajstić information content (AvgIpc) is 3.72. The molecule has 1 saturated carbocycles. The SMILES string of the molecule is CC=CC(=O)Nc1cccc(-c2cc(C#N)c(N3CCN(C(=O)CCOC)[C@H](C)C3)nc2C2CC2)c1. The zero-order chi connectivity index (χ0) is 25.7. The van der Waals surface area contributed by atoms with Crippen LogP contribution in [0.15, 0.2) is 42.5 Å². The standard InChI is InChI=1S/C28H33N5O3/c1-4-6-25(34)30-23-8-5-7-21(15-23)24-16-22(17-29)28(31-27(24)20-9-10-20)32-12-13-33(19(2)18-32)26(35)11-14-36-3/h4-8,15-16,19-20H,9-14,18H2,1-3H3,(H,30,34)/t19-/m1/s1. The Balaban J connectivity index is 1.62. The molecule has 4 rings (SSSR count). The number of piperazine rings is 1. The van der Waals surface area contributed by atoms with Gasteiger partial charge in [-0.1, -0.05) is 18.2 Å². The molecule has 1 aliphatic carbocycles. The van der Waals surface area contributed by atoms with Gasteiger partial charge in [-0.2, -0.15) is 5.26 Å². The van der Waals surface area contributed by atoms with E-state index in [1.165, 1.54) is 6.08 Å². The number of amides is 2. The third kappa shape index (κ3) is 5.74. The summed E-state index contributed by atoms with van der Waals surface area (Å²) in [6, 6.07) is 12.0. The van der Waals surface area contributed by atoms with E-state index in [9.17, 15) is 14.9 Å². The molecular formula is C28H33N5O3. The minimum atomic E-state index is -0.183. The van der Waals surface area contributed by atoms with Crippen molar-refractivity contribution >= 4 is 23.3 Å². The molecule has 0 spiro atoms. The molecule has 1 N–H and O–H groups in total. The van der Waals surface area contributed by atoms with Crippen LogP contribution in [0, 0.1) is 11.3 Å². The molecule has 8 heteroatoms. The second-order valence-electron chi connectivity index (χ2n) is 9.37. The summed E-state index contributed by atoms with van der Waals surface area (Å²) in [4.78, 5) is 33.7. The number of ether oxygens (including phenoxy) is 1. The van der Waals surface area contributed by atoms with Crippen molar-refractivity contribution in [3.63, 3.8) is 0 Å². The first-order valence-electron chi connectivity index (χ1n) is 12.5. The van der Waals surface area contributed by atoms with Gasteiger partial charge in [0.1, 0.15) is 11.9 Å². The minimum Gasteiger partial charge on any atom is -0.384 e. The fraction of sp³-hybridized carbons (Fsp3) is 0.429. The Morgan fingerprint density at radius 3 is 2.75 bits per heavy atom. The Labute approximate surface area is 212 Å². The lowest BCUT2D eigenvalue weighted by atomic mass is 9.98. The fourth-order valence-electron chi connectivity index (χ4n) is 4.69. The normalized spacial score (nSPS) is 17.8. The molecule has 8 nitrogen and oxygen atoms in total. The van der Waals surface area contributed by atoms with E-state index in [-0.39, 0.29) is 17.9 Å². The Morgan fingerprint density at radius 1 is 1.28 bits per heavy atom. The number of carbonyl (C=O) groups excluding carboxylic acids is 2. The second-order valence-corrected chi connectivity index (χ2v) is 9.37. The fourth-order valence-corrected chi connectivity index (χ4v) is 4.69. The van der Waals surface area contributed by atoms with E-state index in [1.807, 2.05) is 42.2 Å². The van der Waals surface area contributed by atoms with Crippen LogP contribution < -0.4 is 10.2 Å². The highest BCUT2D eigenvalue weighted by atomic mass is 16.5. The average molecular weight is 488 g/mol. The number of allylic oxidation sites excluding steroid dienone is 1. The highest BCUT2D eigenvalue weighted by Crippen LogP contribution is 2.45. The maximum atomic E-state index is 12.5. The van der Waals surface area contributed by atoms with E-state index in [1.54, 1.807) is 20.1 Å². The minimum absolute atomic E-state index is 0.0120. The van der Waals surface area contributed by atoms with Crippen LogP contribution in [0.4, 0.5) is 11.5 Å². The van der Waals surface area contributed by atoms with E-state index in [0.717, 1.165) is 29.7 Å². The van der Waals surface area contributed by atoms with Crippen LogP contribution in [0.1, 0.15) is 50.3 Å². The molecule has 1 aromatic heterocycles. The summed E-state index contributed by atoms with van der Waals surface area (Å²) in [7, 11) is 1.60. The van der Waals surface area contributed by atoms with Crippen LogP contribution >= 0.6 is 0 Å². The molecule has 2 heterocycles. The maximum absolute atomic E-state index is 12.5. The van der Waals surface area contributed by atoms with Crippen LogP contribution in [0.2, 0.25) is 0 Å². The third-order valence-electron chi connectivity index (χ3n) is 6.64. The number of anilines is 2. The lowest BCUT2D eigenvalue weighted by molar-refractivity contribution is -0.134. The molecule has 1 saturated heterocycles. The van der Waals surface area contributed by atoms with E-state index < -0.39 is 0 Å². The van der Waals surface area contributed by atoms with Crippen LogP contribution in [-0.4, -0.2) is 61.1 Å². The molecule has 36 heavy (non-hydrogen) atoms. The van der Waals surface area contributed by atoms with E-state index in [0.29, 0.717) is 55.6 Å². The van der Waals surface area contributed by atoms with E-state index in [4.69, 9.17) is 9.72 Å². The van der Waals surface area contributed by atoms with Crippen molar-refractivity contribution in [1.82, 2.24) is 9.88 Å². The van der Waals surface area contributed by atoms with Gasteiger partial charge in [-0.25, -0.2) is 4.98 Å². The van der Waals surface area contributed by atoms with Crippen molar-refractivity contribution in [2.75, 3.05) is 43.6 Å². The molecule has 188 valence electrons. The molecule has 1 aliphatic heterocycles. The number of nitrogens with zero attached hydrogens (tertiary/aromatic N) is 4. The number of hydrogen-bond acceptors (Lipinski definition) is 6. The number of methoxy groups -OCH3 is 1. The highest BCUT2D eigenvalue weighted by Gasteiger charge is 2.33. The number of carbonyl (C=O) groups is 2. The van der Waals surface area contributed by atoms with Crippen LogP contribution in [0.3, 0.4) is 0 Å². The molecule has 0 unspecified atom stereocenters. The van der Waals surface area contributed by atoms with E-state index in [2.05, 4.69) is 16.3 Å². The van der Waals surface area contributed by atoms with Gasteiger partial charge in [0.2, 0.25) is 11.8 Å². The van der Waals surface area contributed by atoms with Crippen molar-refractivity contribution < 1.29 is 14.3 Å². The van der Waals surface area contributed by atoms with Gasteiger partial charge in [0.25, 0.3) is 0 Å². The number of rotatable bonds is 8. The number of nitriles is 1. The molecule has 1 atom stereocenters. The first-order chi connectivity index (χ1) is 17.4. The molecule has 2 fully saturated rings. The first kappa shape index (κ1) is 25.4. The molecular weight excluding hydrogens is 454 g/mol. The predicted molar refractivity (Wildman–Crippen MR) is 140 cm³/mol. The molecule has 2 amide bonds. The van der Waals surface area contributed by atoms with Gasteiger partial charge < -0.3 is 19.9 Å². The topological polar surface area (TPSA) is 98.6 Å². The van der Waals surface area contributed by atoms with E-state index >= 15 is 0 Å². The lowest BCUT2D eigenvalue weighted by Gasteiger charge is -2.41. The third-order valence-corrected chi connectivity index (χ3v) is 6.64. The Morgan fingerprint density at radius 2 is 2.08 bits per heavy atom. The lowest BCUT2D eigenvalue weighted by Crippen LogP contribution is -2.54. The quantitative estimate of drug-likeness (QED) is 0.563. The first-order valence-corrected chi connectivity index (χ1v) is 12.5. The highest BCUT2D eigenvalue weighted by molar-refractivity contribution is 5.99. The summed E-state index contributed by atoms with van der Waals surface area (Å²) in [6.07, 6.45) is 5.69.